The summed E-state index contributed by atoms with van der Waals surface area (Å²) in [4.78, 5) is 0. The number of para-hydroxylation sites is 3. The van der Waals surface area contributed by atoms with Gasteiger partial charge in [-0.15, -0.1) is 0 Å². The molecule has 0 N–H and O–H groups in total. The molecule has 3 nitrogen and oxygen atoms in total. The van der Waals surface area contributed by atoms with E-state index in [0.29, 0.717) is 0 Å². The van der Waals surface area contributed by atoms with Crippen molar-refractivity contribution in [3.05, 3.63) is 218 Å². The van der Waals surface area contributed by atoms with E-state index in [1.807, 2.05) is 6.07 Å². The van der Waals surface area contributed by atoms with Gasteiger partial charge in [0.1, 0.15) is 23.0 Å². The Morgan fingerprint density at radius 3 is 1.54 bits per heavy atom. The summed E-state index contributed by atoms with van der Waals surface area (Å²) in [6, 6.07) is 79.6. The Morgan fingerprint density at radius 1 is 0.390 bits per heavy atom. The quantitative estimate of drug-likeness (QED) is 0.125. The summed E-state index contributed by atoms with van der Waals surface area (Å²) >= 11 is 0. The summed E-state index contributed by atoms with van der Waals surface area (Å²) in [5, 5.41) is 7.77. The molecule has 1 aromatic heterocycles. The highest BCUT2D eigenvalue weighted by molar-refractivity contribution is 7.20. The van der Waals surface area contributed by atoms with Crippen LogP contribution in [0.25, 0.3) is 38.6 Å². The fourth-order valence-electron chi connectivity index (χ4n) is 10.0. The molecule has 0 unspecified atom stereocenters. The topological polar surface area (TPSA) is 23.4 Å². The van der Waals surface area contributed by atoms with Crippen LogP contribution in [0.4, 0.5) is 0 Å². The zero-order chi connectivity index (χ0) is 38.9. The molecule has 0 spiro atoms. The largest absolute Gasteiger partial charge is 0.458 e. The van der Waals surface area contributed by atoms with E-state index in [9.17, 15) is 0 Å². The minimum absolute atomic E-state index is 0.0589. The van der Waals surface area contributed by atoms with Crippen LogP contribution in [0.3, 0.4) is 0 Å². The highest BCUT2D eigenvalue weighted by Crippen LogP contribution is 2.44. The normalized spacial score (nSPS) is 12.6. The molecule has 3 heterocycles. The first-order chi connectivity index (χ1) is 29.3. The average molecular weight is 770 g/mol. The van der Waals surface area contributed by atoms with Crippen LogP contribution >= 0.6 is 0 Å². The zero-order valence-corrected chi connectivity index (χ0v) is 33.1. The molecule has 12 rings (SSSR count). The summed E-state index contributed by atoms with van der Waals surface area (Å²) in [6.07, 6.45) is 0. The van der Waals surface area contributed by atoms with Crippen LogP contribution < -0.4 is 46.6 Å². The Kier molecular flexibility index (Phi) is 7.65. The van der Waals surface area contributed by atoms with Gasteiger partial charge in [-0.2, -0.15) is 0 Å². The minimum atomic E-state index is -2.82. The Bertz CT molecular complexity index is 3090. The lowest BCUT2D eigenvalue weighted by Crippen LogP contribution is -2.74. The van der Waals surface area contributed by atoms with Crippen molar-refractivity contribution in [3.63, 3.8) is 0 Å². The molecule has 2 aliphatic heterocycles. The first-order valence-electron chi connectivity index (χ1n) is 20.3. The van der Waals surface area contributed by atoms with Crippen molar-refractivity contribution < 1.29 is 9.47 Å². The Labute approximate surface area is 344 Å². The van der Waals surface area contributed by atoms with Crippen LogP contribution in [-0.4, -0.2) is 19.4 Å². The monoisotopic (exact) mass is 769 g/mol. The third-order valence-corrected chi connectivity index (χ3v) is 17.3. The molecule has 59 heavy (non-hydrogen) atoms. The molecule has 0 aliphatic carbocycles. The van der Waals surface area contributed by atoms with Gasteiger partial charge in [-0.1, -0.05) is 188 Å². The number of hydrogen-bond acceptors (Lipinski definition) is 2. The highest BCUT2D eigenvalue weighted by atomic mass is 28.3. The predicted octanol–water partition coefficient (Wildman–Crippen LogP) is 8.56. The molecule has 2 aliphatic rings. The second-order valence-electron chi connectivity index (χ2n) is 15.5. The third-order valence-electron chi connectivity index (χ3n) is 12.5. The third kappa shape index (κ3) is 5.02. The first-order valence-corrected chi connectivity index (χ1v) is 22.3. The van der Waals surface area contributed by atoms with Gasteiger partial charge >= 0.3 is 0 Å². The SMILES string of the molecule is c1ccc([Si](c2ccccc2)(c2ccccc2)c2cccc(-c3ccc4c(c3-n3c5ccccc5c5ccccc53)Oc3cccc5c3B4c3ccccc3O5)c2)cc1. The minimum Gasteiger partial charge on any atom is -0.458 e. The Morgan fingerprint density at radius 2 is 0.898 bits per heavy atom. The lowest BCUT2D eigenvalue weighted by atomic mass is 9.35. The van der Waals surface area contributed by atoms with Gasteiger partial charge in [0.05, 0.1) is 16.7 Å². The van der Waals surface area contributed by atoms with E-state index in [1.165, 1.54) is 31.5 Å². The molecule has 9 aromatic carbocycles. The number of nitrogens with zero attached hydrogens (tertiary/aromatic N) is 1. The summed E-state index contributed by atoms with van der Waals surface area (Å²) < 4.78 is 16.2. The van der Waals surface area contributed by atoms with E-state index in [2.05, 4.69) is 217 Å². The Balaban J connectivity index is 1.18. The van der Waals surface area contributed by atoms with Crippen LogP contribution in [0.1, 0.15) is 0 Å². The second-order valence-corrected chi connectivity index (χ2v) is 19.3. The maximum Gasteiger partial charge on any atom is 0.260 e. The number of fused-ring (bicyclic) bond motifs is 7. The van der Waals surface area contributed by atoms with Crippen molar-refractivity contribution in [3.8, 4) is 39.8 Å². The fourth-order valence-corrected chi connectivity index (χ4v) is 14.8. The molecule has 0 bridgehead atoms. The zero-order valence-electron chi connectivity index (χ0n) is 32.1. The smallest absolute Gasteiger partial charge is 0.260 e. The van der Waals surface area contributed by atoms with Gasteiger partial charge in [0.2, 0.25) is 0 Å². The summed E-state index contributed by atoms with van der Waals surface area (Å²) in [5.41, 5.74) is 8.89. The van der Waals surface area contributed by atoms with Crippen molar-refractivity contribution in [1.82, 2.24) is 4.57 Å². The molecule has 0 amide bonds. The average Bonchev–Trinajstić information content (AvgIpc) is 3.64. The molecule has 0 atom stereocenters. The van der Waals surface area contributed by atoms with E-state index in [4.69, 9.17) is 9.47 Å². The van der Waals surface area contributed by atoms with Crippen molar-refractivity contribution in [2.75, 3.05) is 0 Å². The molecule has 0 radical (unpaired) electrons. The first kappa shape index (κ1) is 33.8. The van der Waals surface area contributed by atoms with Crippen LogP contribution in [-0.2, 0) is 0 Å². The van der Waals surface area contributed by atoms with Gasteiger partial charge in [-0.25, -0.2) is 0 Å². The van der Waals surface area contributed by atoms with Crippen molar-refractivity contribution in [2.24, 2.45) is 0 Å². The molecule has 0 saturated heterocycles. The fraction of sp³-hybridized carbons (Fsp3) is 0. The van der Waals surface area contributed by atoms with E-state index in [0.717, 1.165) is 67.2 Å². The van der Waals surface area contributed by atoms with Crippen LogP contribution in [0, 0.1) is 0 Å². The molecule has 276 valence electrons. The maximum atomic E-state index is 7.27. The highest BCUT2D eigenvalue weighted by Gasteiger charge is 2.43. The van der Waals surface area contributed by atoms with E-state index in [1.54, 1.807) is 0 Å². The van der Waals surface area contributed by atoms with Gasteiger partial charge in [0, 0.05) is 21.8 Å². The van der Waals surface area contributed by atoms with Gasteiger partial charge in [-0.3, -0.25) is 0 Å². The number of aromatic nitrogens is 1. The van der Waals surface area contributed by atoms with Gasteiger partial charge in [0.15, 0.2) is 8.07 Å². The van der Waals surface area contributed by atoms with Gasteiger partial charge < -0.3 is 14.0 Å². The van der Waals surface area contributed by atoms with Gasteiger partial charge in [0.25, 0.3) is 6.71 Å². The lowest BCUT2D eigenvalue weighted by Gasteiger charge is -2.35. The predicted molar refractivity (Wildman–Crippen MR) is 248 cm³/mol. The van der Waals surface area contributed by atoms with Crippen molar-refractivity contribution in [2.45, 2.75) is 0 Å². The summed E-state index contributed by atoms with van der Waals surface area (Å²) in [5.74, 6) is 3.42. The van der Waals surface area contributed by atoms with E-state index in [-0.39, 0.29) is 6.71 Å². The number of hydrogen-bond donors (Lipinski definition) is 0. The molecule has 10 aromatic rings. The number of benzene rings is 9. The van der Waals surface area contributed by atoms with Crippen molar-refractivity contribution in [1.29, 1.82) is 0 Å². The number of rotatable bonds is 6. The molecular weight excluding hydrogens is 733 g/mol. The maximum absolute atomic E-state index is 7.27. The van der Waals surface area contributed by atoms with E-state index < -0.39 is 8.07 Å². The van der Waals surface area contributed by atoms with Gasteiger partial charge in [-0.05, 0) is 67.6 Å². The standard InChI is InChI=1S/C54H36BNO2Si/c1-4-19-38(20-5-1)59(39-21-6-2-7-22-39,40-23-8-3-9-24-40)41-25-16-18-37(36-41)42-34-35-46-54(53(42)56-47-29-13-10-26-43(47)44-27-11-14-30-48(44)56)58-51-33-17-32-50-52(51)55(46)45-28-12-15-31-49(45)57-50/h1-36H. The molecular formula is C54H36BNO2Si. The molecule has 5 heteroatoms. The van der Waals surface area contributed by atoms with Crippen LogP contribution in [0.5, 0.6) is 23.0 Å². The number of ether oxygens (including phenoxy) is 2. The molecule has 0 fully saturated rings. The Hall–Kier alpha value is -7.34. The summed E-state index contributed by atoms with van der Waals surface area (Å²) in [6.45, 7) is -0.0589. The van der Waals surface area contributed by atoms with Crippen LogP contribution in [0.2, 0.25) is 0 Å². The van der Waals surface area contributed by atoms with Crippen LogP contribution in [0.15, 0.2) is 218 Å². The lowest BCUT2D eigenvalue weighted by molar-refractivity contribution is 0.463. The summed E-state index contributed by atoms with van der Waals surface area (Å²) in [7, 11) is -2.82. The van der Waals surface area contributed by atoms with Crippen molar-refractivity contribution >= 4 is 73.7 Å². The van der Waals surface area contributed by atoms with E-state index >= 15 is 0 Å². The second kappa shape index (κ2) is 13.4. The molecule has 0 saturated carbocycles.